The SMILES string of the molecule is CC1(C)O[C@@H]2[C@@H](O1)[C@@H](COC(=O)c1ccccc1)OCO[C@H]2COC(=O)c1ccccc1. The molecule has 2 aromatic carbocycles. The third kappa shape index (κ3) is 5.34. The van der Waals surface area contributed by atoms with E-state index in [-0.39, 0.29) is 20.0 Å². The van der Waals surface area contributed by atoms with E-state index in [9.17, 15) is 9.59 Å². The summed E-state index contributed by atoms with van der Waals surface area (Å²) in [6, 6.07) is 17.4. The maximum atomic E-state index is 12.3. The summed E-state index contributed by atoms with van der Waals surface area (Å²) in [6.07, 6.45) is -2.36. The molecule has 4 rings (SSSR count). The lowest BCUT2D eigenvalue weighted by atomic mass is 10.0. The molecule has 2 aromatic rings. The highest BCUT2D eigenvalue weighted by atomic mass is 16.8. The fourth-order valence-corrected chi connectivity index (χ4v) is 3.71. The van der Waals surface area contributed by atoms with Crippen LogP contribution in [-0.2, 0) is 28.4 Å². The molecule has 170 valence electrons. The minimum Gasteiger partial charge on any atom is -0.459 e. The number of carbonyl (C=O) groups is 2. The molecule has 2 heterocycles. The maximum absolute atomic E-state index is 12.3. The van der Waals surface area contributed by atoms with Crippen LogP contribution in [0.4, 0.5) is 0 Å². The van der Waals surface area contributed by atoms with Gasteiger partial charge in [0.1, 0.15) is 44.4 Å². The van der Waals surface area contributed by atoms with Crippen molar-refractivity contribution in [1.29, 1.82) is 0 Å². The molecule has 2 aliphatic heterocycles. The fourth-order valence-electron chi connectivity index (χ4n) is 3.71. The average molecular weight is 442 g/mol. The highest BCUT2D eigenvalue weighted by Crippen LogP contribution is 2.35. The summed E-state index contributed by atoms with van der Waals surface area (Å²) in [5.74, 6) is -1.81. The smallest absolute Gasteiger partial charge is 0.338 e. The third-order valence-corrected chi connectivity index (χ3v) is 5.24. The Kier molecular flexibility index (Phi) is 6.86. The highest BCUT2D eigenvalue weighted by Gasteiger charge is 2.51. The van der Waals surface area contributed by atoms with Crippen LogP contribution >= 0.6 is 0 Å². The van der Waals surface area contributed by atoms with Gasteiger partial charge in [-0.2, -0.15) is 0 Å². The van der Waals surface area contributed by atoms with Crippen LogP contribution in [0.5, 0.6) is 0 Å². The van der Waals surface area contributed by atoms with Gasteiger partial charge in [0.15, 0.2) is 5.79 Å². The summed E-state index contributed by atoms with van der Waals surface area (Å²) in [4.78, 5) is 24.7. The Morgan fingerprint density at radius 2 is 1.19 bits per heavy atom. The van der Waals surface area contributed by atoms with Gasteiger partial charge in [-0.15, -0.1) is 0 Å². The summed E-state index contributed by atoms with van der Waals surface area (Å²) < 4.78 is 34.5. The van der Waals surface area contributed by atoms with Crippen molar-refractivity contribution in [2.45, 2.75) is 44.1 Å². The van der Waals surface area contributed by atoms with Crippen molar-refractivity contribution in [2.75, 3.05) is 20.0 Å². The largest absolute Gasteiger partial charge is 0.459 e. The molecule has 2 saturated heterocycles. The predicted molar refractivity (Wildman–Crippen MR) is 112 cm³/mol. The van der Waals surface area contributed by atoms with Crippen molar-refractivity contribution in [3.05, 3.63) is 71.8 Å². The van der Waals surface area contributed by atoms with Crippen LogP contribution in [0.25, 0.3) is 0 Å². The molecule has 2 aliphatic rings. The van der Waals surface area contributed by atoms with Crippen molar-refractivity contribution >= 4 is 11.9 Å². The molecule has 0 aromatic heterocycles. The minimum atomic E-state index is -0.900. The normalized spacial score (nSPS) is 26.6. The molecule has 2 fully saturated rings. The number of rotatable bonds is 6. The van der Waals surface area contributed by atoms with E-state index in [1.807, 2.05) is 12.1 Å². The zero-order chi connectivity index (χ0) is 22.6. The highest BCUT2D eigenvalue weighted by molar-refractivity contribution is 5.89. The van der Waals surface area contributed by atoms with E-state index in [0.29, 0.717) is 11.1 Å². The van der Waals surface area contributed by atoms with Gasteiger partial charge in [-0.3, -0.25) is 0 Å². The lowest BCUT2D eigenvalue weighted by Gasteiger charge is -2.24. The van der Waals surface area contributed by atoms with Crippen LogP contribution in [0.3, 0.4) is 0 Å². The van der Waals surface area contributed by atoms with E-state index < -0.39 is 42.1 Å². The Morgan fingerprint density at radius 1 is 0.781 bits per heavy atom. The van der Waals surface area contributed by atoms with Gasteiger partial charge in [-0.1, -0.05) is 36.4 Å². The van der Waals surface area contributed by atoms with E-state index in [0.717, 1.165) is 0 Å². The molecule has 0 amide bonds. The molecule has 0 spiro atoms. The van der Waals surface area contributed by atoms with Gasteiger partial charge in [0.05, 0.1) is 11.1 Å². The van der Waals surface area contributed by atoms with Gasteiger partial charge < -0.3 is 28.4 Å². The first-order chi connectivity index (χ1) is 15.4. The number of esters is 2. The lowest BCUT2D eigenvalue weighted by molar-refractivity contribution is -0.201. The first-order valence-electron chi connectivity index (χ1n) is 10.5. The zero-order valence-electron chi connectivity index (χ0n) is 18.0. The third-order valence-electron chi connectivity index (χ3n) is 5.24. The summed E-state index contributed by atoms with van der Waals surface area (Å²) in [5, 5.41) is 0. The predicted octanol–water partition coefficient (Wildman–Crippen LogP) is 2.96. The van der Waals surface area contributed by atoms with E-state index in [2.05, 4.69) is 0 Å². The van der Waals surface area contributed by atoms with Crippen LogP contribution in [-0.4, -0.2) is 62.1 Å². The van der Waals surface area contributed by atoms with Gasteiger partial charge in [-0.25, -0.2) is 9.59 Å². The van der Waals surface area contributed by atoms with Crippen molar-refractivity contribution in [3.63, 3.8) is 0 Å². The number of hydrogen-bond donors (Lipinski definition) is 0. The van der Waals surface area contributed by atoms with E-state index in [1.54, 1.807) is 62.4 Å². The molecule has 0 unspecified atom stereocenters. The Balaban J connectivity index is 1.40. The summed E-state index contributed by atoms with van der Waals surface area (Å²) in [5.41, 5.74) is 0.895. The van der Waals surface area contributed by atoms with Crippen molar-refractivity contribution in [1.82, 2.24) is 0 Å². The topological polar surface area (TPSA) is 89.5 Å². The Hall–Kier alpha value is -2.78. The average Bonchev–Trinajstić information content (AvgIpc) is 3.05. The molecule has 0 N–H and O–H groups in total. The second kappa shape index (κ2) is 9.79. The number of hydrogen-bond acceptors (Lipinski definition) is 8. The van der Waals surface area contributed by atoms with E-state index in [4.69, 9.17) is 28.4 Å². The monoisotopic (exact) mass is 442 g/mol. The maximum Gasteiger partial charge on any atom is 0.338 e. The second-order valence-corrected chi connectivity index (χ2v) is 8.02. The Bertz CT molecular complexity index is 841. The van der Waals surface area contributed by atoms with Gasteiger partial charge in [0, 0.05) is 0 Å². The molecule has 4 atom stereocenters. The van der Waals surface area contributed by atoms with Gasteiger partial charge >= 0.3 is 11.9 Å². The zero-order valence-corrected chi connectivity index (χ0v) is 18.0. The van der Waals surface area contributed by atoms with Crippen molar-refractivity contribution in [2.24, 2.45) is 0 Å². The Labute approximate surface area is 186 Å². The molecular weight excluding hydrogens is 416 g/mol. The molecule has 32 heavy (non-hydrogen) atoms. The van der Waals surface area contributed by atoms with E-state index in [1.165, 1.54) is 0 Å². The lowest BCUT2D eigenvalue weighted by Crippen LogP contribution is -2.45. The molecule has 0 saturated carbocycles. The summed E-state index contributed by atoms with van der Waals surface area (Å²) in [6.45, 7) is 3.41. The van der Waals surface area contributed by atoms with Crippen LogP contribution in [0.2, 0.25) is 0 Å². The second-order valence-electron chi connectivity index (χ2n) is 8.02. The Morgan fingerprint density at radius 3 is 1.59 bits per heavy atom. The quantitative estimate of drug-likeness (QED) is 0.631. The van der Waals surface area contributed by atoms with Crippen LogP contribution in [0.15, 0.2) is 60.7 Å². The molecule has 0 bridgehead atoms. The van der Waals surface area contributed by atoms with Gasteiger partial charge in [0.2, 0.25) is 0 Å². The van der Waals surface area contributed by atoms with Crippen molar-refractivity contribution < 1.29 is 38.0 Å². The first kappa shape index (κ1) is 22.4. The molecule has 0 aliphatic carbocycles. The number of benzene rings is 2. The number of carbonyl (C=O) groups excluding carboxylic acids is 2. The number of fused-ring (bicyclic) bond motifs is 1. The fraction of sp³-hybridized carbons (Fsp3) is 0.417. The van der Waals surface area contributed by atoms with Gasteiger partial charge in [-0.05, 0) is 38.1 Å². The molecular formula is C24H26O8. The van der Waals surface area contributed by atoms with E-state index >= 15 is 0 Å². The van der Waals surface area contributed by atoms with Crippen LogP contribution < -0.4 is 0 Å². The summed E-state index contributed by atoms with van der Waals surface area (Å²) in [7, 11) is 0. The van der Waals surface area contributed by atoms with Crippen molar-refractivity contribution in [3.8, 4) is 0 Å². The number of ether oxygens (including phenoxy) is 6. The summed E-state index contributed by atoms with van der Waals surface area (Å²) >= 11 is 0. The van der Waals surface area contributed by atoms with Crippen LogP contribution in [0.1, 0.15) is 34.6 Å². The standard InChI is InChI=1S/C24H26O8/c1-24(2)31-20-18(13-27-22(25)16-9-5-3-6-10-16)29-15-30-19(21(20)32-24)14-28-23(26)17-11-7-4-8-12-17/h3-12,18-21H,13-15H2,1-2H3/t18-,19+,20-,21-/m0/s1. The van der Waals surface area contributed by atoms with Gasteiger partial charge in [0.25, 0.3) is 0 Å². The molecule has 8 heteroatoms. The first-order valence-corrected chi connectivity index (χ1v) is 10.5. The molecule has 0 radical (unpaired) electrons. The van der Waals surface area contributed by atoms with Crippen LogP contribution in [0, 0.1) is 0 Å². The minimum absolute atomic E-state index is 0.0335. The molecule has 8 nitrogen and oxygen atoms in total.